The molecule has 2 aromatic rings. The number of Topliss-reactive ketones (excluding diaryl/α,β-unsaturated/α-hetero) is 1. The molecular formula is C21H24O7. The van der Waals surface area contributed by atoms with Gasteiger partial charge in [0.2, 0.25) is 5.75 Å². The number of carbonyl (C=O) groups is 2. The van der Waals surface area contributed by atoms with E-state index in [2.05, 4.69) is 0 Å². The van der Waals surface area contributed by atoms with Gasteiger partial charge in [0.1, 0.15) is 17.9 Å². The van der Waals surface area contributed by atoms with Gasteiger partial charge in [-0.2, -0.15) is 0 Å². The van der Waals surface area contributed by atoms with Crippen LogP contribution in [-0.2, 0) is 11.3 Å². The monoisotopic (exact) mass is 388 g/mol. The zero-order chi connectivity index (χ0) is 20.7. The van der Waals surface area contributed by atoms with Gasteiger partial charge in [-0.15, -0.1) is 0 Å². The Bertz CT molecular complexity index is 858. The molecule has 0 radical (unpaired) electrons. The van der Waals surface area contributed by atoms with E-state index < -0.39 is 5.97 Å². The van der Waals surface area contributed by atoms with Gasteiger partial charge in [-0.1, -0.05) is 0 Å². The third kappa shape index (κ3) is 4.54. The molecule has 0 aromatic heterocycles. The number of carbonyl (C=O) groups excluding carboxylic acids is 2. The smallest absolute Gasteiger partial charge is 0.342 e. The summed E-state index contributed by atoms with van der Waals surface area (Å²) in [7, 11) is 4.38. The van der Waals surface area contributed by atoms with E-state index in [0.717, 1.165) is 0 Å². The summed E-state index contributed by atoms with van der Waals surface area (Å²) >= 11 is 0. The summed E-state index contributed by atoms with van der Waals surface area (Å²) in [5, 5.41) is 0. The molecule has 0 aliphatic heterocycles. The summed E-state index contributed by atoms with van der Waals surface area (Å²) in [5.41, 5.74) is 1.31. The fourth-order valence-corrected chi connectivity index (χ4v) is 2.69. The number of ether oxygens (including phenoxy) is 5. The zero-order valence-corrected chi connectivity index (χ0v) is 16.7. The Morgan fingerprint density at radius 1 is 0.893 bits per heavy atom. The fourth-order valence-electron chi connectivity index (χ4n) is 2.69. The molecule has 0 atom stereocenters. The Kier molecular flexibility index (Phi) is 7.26. The van der Waals surface area contributed by atoms with Crippen molar-refractivity contribution in [3.8, 4) is 23.0 Å². The molecule has 0 N–H and O–H groups in total. The van der Waals surface area contributed by atoms with Crippen LogP contribution in [0, 0.1) is 0 Å². The molecule has 0 unspecified atom stereocenters. The number of benzene rings is 2. The van der Waals surface area contributed by atoms with Gasteiger partial charge in [0.05, 0.1) is 27.9 Å². The molecule has 0 amide bonds. The SMILES string of the molecule is CCOc1ccc(C(C)=O)cc1COC(=O)c1ccc(OC)c(OC)c1OC. The highest BCUT2D eigenvalue weighted by molar-refractivity contribution is 5.95. The minimum Gasteiger partial charge on any atom is -0.493 e. The Morgan fingerprint density at radius 3 is 2.14 bits per heavy atom. The van der Waals surface area contributed by atoms with Crippen LogP contribution >= 0.6 is 0 Å². The van der Waals surface area contributed by atoms with Crippen molar-refractivity contribution in [2.24, 2.45) is 0 Å². The third-order valence-electron chi connectivity index (χ3n) is 4.05. The first-order valence-corrected chi connectivity index (χ1v) is 8.69. The Morgan fingerprint density at radius 2 is 1.57 bits per heavy atom. The van der Waals surface area contributed by atoms with E-state index in [9.17, 15) is 9.59 Å². The molecule has 7 nitrogen and oxygen atoms in total. The van der Waals surface area contributed by atoms with Crippen molar-refractivity contribution < 1.29 is 33.3 Å². The normalized spacial score (nSPS) is 10.2. The molecule has 0 saturated carbocycles. The molecule has 2 aromatic carbocycles. The van der Waals surface area contributed by atoms with Crippen LogP contribution in [0.25, 0.3) is 0 Å². The number of esters is 1. The second-order valence-corrected chi connectivity index (χ2v) is 5.77. The molecule has 2 rings (SSSR count). The lowest BCUT2D eigenvalue weighted by Gasteiger charge is -2.16. The van der Waals surface area contributed by atoms with Crippen molar-refractivity contribution in [2.75, 3.05) is 27.9 Å². The number of methoxy groups -OCH3 is 3. The quantitative estimate of drug-likeness (QED) is 0.479. The van der Waals surface area contributed by atoms with Crippen LogP contribution in [0.4, 0.5) is 0 Å². The minimum atomic E-state index is -0.603. The summed E-state index contributed by atoms with van der Waals surface area (Å²) in [6, 6.07) is 8.17. The lowest BCUT2D eigenvalue weighted by Crippen LogP contribution is -2.10. The van der Waals surface area contributed by atoms with E-state index in [0.29, 0.717) is 35.0 Å². The van der Waals surface area contributed by atoms with Crippen molar-refractivity contribution in [1.82, 2.24) is 0 Å². The predicted octanol–water partition coefficient (Wildman–Crippen LogP) is 3.67. The Labute approximate surface area is 164 Å². The molecule has 150 valence electrons. The second-order valence-electron chi connectivity index (χ2n) is 5.77. The van der Waals surface area contributed by atoms with Crippen LogP contribution < -0.4 is 18.9 Å². The molecule has 0 fully saturated rings. The highest BCUT2D eigenvalue weighted by Crippen LogP contribution is 2.40. The summed E-state index contributed by atoms with van der Waals surface area (Å²) < 4.78 is 26.8. The molecule has 0 heterocycles. The van der Waals surface area contributed by atoms with Gasteiger partial charge in [0, 0.05) is 11.1 Å². The minimum absolute atomic E-state index is 0.0627. The van der Waals surface area contributed by atoms with E-state index in [-0.39, 0.29) is 23.7 Å². The van der Waals surface area contributed by atoms with Crippen molar-refractivity contribution in [1.29, 1.82) is 0 Å². The highest BCUT2D eigenvalue weighted by Gasteiger charge is 2.22. The summed E-state index contributed by atoms with van der Waals surface area (Å²) in [6.07, 6.45) is 0. The van der Waals surface area contributed by atoms with Crippen LogP contribution in [0.3, 0.4) is 0 Å². The van der Waals surface area contributed by atoms with E-state index in [1.54, 1.807) is 24.3 Å². The maximum absolute atomic E-state index is 12.6. The van der Waals surface area contributed by atoms with Gasteiger partial charge >= 0.3 is 5.97 Å². The summed E-state index contributed by atoms with van der Waals surface area (Å²) in [4.78, 5) is 24.3. The average Bonchev–Trinajstić information content (AvgIpc) is 2.71. The van der Waals surface area contributed by atoms with E-state index >= 15 is 0 Å². The van der Waals surface area contributed by atoms with Gasteiger partial charge in [-0.25, -0.2) is 4.79 Å². The number of rotatable bonds is 9. The molecule has 0 saturated heterocycles. The number of ketones is 1. The second kappa shape index (κ2) is 9.64. The zero-order valence-electron chi connectivity index (χ0n) is 16.7. The van der Waals surface area contributed by atoms with Gasteiger partial charge in [-0.3, -0.25) is 4.79 Å². The van der Waals surface area contributed by atoms with Crippen molar-refractivity contribution in [3.05, 3.63) is 47.0 Å². The lowest BCUT2D eigenvalue weighted by atomic mass is 10.1. The molecule has 28 heavy (non-hydrogen) atoms. The van der Waals surface area contributed by atoms with Crippen molar-refractivity contribution >= 4 is 11.8 Å². The van der Waals surface area contributed by atoms with E-state index in [1.807, 2.05) is 6.92 Å². The number of hydrogen-bond acceptors (Lipinski definition) is 7. The maximum atomic E-state index is 12.6. The van der Waals surface area contributed by atoms with Crippen LogP contribution in [0.1, 0.15) is 40.1 Å². The van der Waals surface area contributed by atoms with Gasteiger partial charge in [0.25, 0.3) is 0 Å². The van der Waals surface area contributed by atoms with Crippen LogP contribution in [0.15, 0.2) is 30.3 Å². The average molecular weight is 388 g/mol. The topological polar surface area (TPSA) is 80.3 Å². The first-order valence-electron chi connectivity index (χ1n) is 8.69. The largest absolute Gasteiger partial charge is 0.493 e. The molecule has 7 heteroatoms. The van der Waals surface area contributed by atoms with Gasteiger partial charge in [0.15, 0.2) is 17.3 Å². The molecule has 0 bridgehead atoms. The fraction of sp³-hybridized carbons (Fsp3) is 0.333. The lowest BCUT2D eigenvalue weighted by molar-refractivity contribution is 0.0465. The third-order valence-corrected chi connectivity index (χ3v) is 4.05. The Hall–Kier alpha value is -3.22. The highest BCUT2D eigenvalue weighted by atomic mass is 16.5. The van der Waals surface area contributed by atoms with Crippen LogP contribution in [-0.4, -0.2) is 39.7 Å². The first-order chi connectivity index (χ1) is 13.5. The molecule has 0 aliphatic carbocycles. The Balaban J connectivity index is 2.29. The molecular weight excluding hydrogens is 364 g/mol. The van der Waals surface area contributed by atoms with Crippen LogP contribution in [0.5, 0.6) is 23.0 Å². The van der Waals surface area contributed by atoms with Crippen molar-refractivity contribution in [3.63, 3.8) is 0 Å². The predicted molar refractivity (Wildman–Crippen MR) is 103 cm³/mol. The standard InChI is InChI=1S/C21H24O7/c1-6-27-17-9-7-14(13(2)22)11-15(17)12-28-21(23)16-8-10-18(24-3)20(26-5)19(16)25-4/h7-11H,6,12H2,1-5H3. The summed E-state index contributed by atoms with van der Waals surface area (Å²) in [5.74, 6) is 0.816. The van der Waals surface area contributed by atoms with Crippen molar-refractivity contribution in [2.45, 2.75) is 20.5 Å². The van der Waals surface area contributed by atoms with E-state index in [4.69, 9.17) is 23.7 Å². The first kappa shape index (κ1) is 21.1. The number of hydrogen-bond donors (Lipinski definition) is 0. The summed E-state index contributed by atoms with van der Waals surface area (Å²) in [6.45, 7) is 3.71. The van der Waals surface area contributed by atoms with E-state index in [1.165, 1.54) is 34.3 Å². The van der Waals surface area contributed by atoms with Crippen LogP contribution in [0.2, 0.25) is 0 Å². The maximum Gasteiger partial charge on any atom is 0.342 e. The molecule has 0 aliphatic rings. The van der Waals surface area contributed by atoms with Gasteiger partial charge < -0.3 is 23.7 Å². The molecule has 0 spiro atoms. The van der Waals surface area contributed by atoms with Gasteiger partial charge in [-0.05, 0) is 44.2 Å².